The monoisotopic (exact) mass is 262 g/mol. The van der Waals surface area contributed by atoms with Crippen LogP contribution in [-0.2, 0) is 6.54 Å². The summed E-state index contributed by atoms with van der Waals surface area (Å²) in [5.41, 5.74) is 1.68. The molecular formula is C12H10N2O3S. The topological polar surface area (TPSA) is 72.2 Å². The molecular weight excluding hydrogens is 252 g/mol. The zero-order valence-corrected chi connectivity index (χ0v) is 10.1. The molecule has 0 aliphatic heterocycles. The second kappa shape index (κ2) is 5.42. The van der Waals surface area contributed by atoms with Gasteiger partial charge >= 0.3 is 0 Å². The summed E-state index contributed by atoms with van der Waals surface area (Å²) in [6, 6.07) is 6.32. The van der Waals surface area contributed by atoms with Crippen LogP contribution in [0.4, 0.5) is 11.4 Å². The van der Waals surface area contributed by atoms with Crippen LogP contribution >= 0.6 is 11.3 Å². The zero-order chi connectivity index (χ0) is 13.0. The molecule has 0 aliphatic carbocycles. The fourth-order valence-electron chi connectivity index (χ4n) is 1.51. The third kappa shape index (κ3) is 2.72. The van der Waals surface area contributed by atoms with E-state index >= 15 is 0 Å². The van der Waals surface area contributed by atoms with Gasteiger partial charge in [-0.1, -0.05) is 0 Å². The van der Waals surface area contributed by atoms with Gasteiger partial charge in [-0.15, -0.1) is 0 Å². The Hall–Kier alpha value is -2.21. The molecule has 1 aromatic heterocycles. The van der Waals surface area contributed by atoms with E-state index in [0.29, 0.717) is 24.1 Å². The molecule has 1 heterocycles. The molecule has 0 unspecified atom stereocenters. The van der Waals surface area contributed by atoms with Crippen molar-refractivity contribution < 1.29 is 9.72 Å². The summed E-state index contributed by atoms with van der Waals surface area (Å²) in [6.45, 7) is 0.519. The lowest BCUT2D eigenvalue weighted by Gasteiger charge is -2.06. The van der Waals surface area contributed by atoms with Gasteiger partial charge in [0.05, 0.1) is 4.92 Å². The van der Waals surface area contributed by atoms with Crippen molar-refractivity contribution in [1.82, 2.24) is 0 Å². The number of carbonyl (C=O) groups excluding carboxylic acids is 1. The van der Waals surface area contributed by atoms with Crippen LogP contribution in [0.3, 0.4) is 0 Å². The van der Waals surface area contributed by atoms with Crippen molar-refractivity contribution in [2.45, 2.75) is 6.54 Å². The first-order valence-corrected chi connectivity index (χ1v) is 6.13. The van der Waals surface area contributed by atoms with Gasteiger partial charge in [0, 0.05) is 18.2 Å². The number of aldehydes is 1. The predicted molar refractivity (Wildman–Crippen MR) is 70.1 cm³/mol. The number of nitrogens with zero attached hydrogens (tertiary/aromatic N) is 1. The first kappa shape index (κ1) is 12.3. The van der Waals surface area contributed by atoms with Crippen molar-refractivity contribution in [1.29, 1.82) is 0 Å². The molecule has 18 heavy (non-hydrogen) atoms. The molecule has 0 radical (unpaired) electrons. The van der Waals surface area contributed by atoms with Gasteiger partial charge in [-0.05, 0) is 34.5 Å². The van der Waals surface area contributed by atoms with E-state index in [4.69, 9.17) is 0 Å². The van der Waals surface area contributed by atoms with Crippen LogP contribution in [-0.4, -0.2) is 11.2 Å². The van der Waals surface area contributed by atoms with E-state index in [-0.39, 0.29) is 5.69 Å². The summed E-state index contributed by atoms with van der Waals surface area (Å²) >= 11 is 1.57. The number of hydrogen-bond donors (Lipinski definition) is 1. The second-order valence-electron chi connectivity index (χ2n) is 3.64. The van der Waals surface area contributed by atoms with Crippen LogP contribution in [0.5, 0.6) is 0 Å². The SMILES string of the molecule is O=Cc1ccc(NCc2ccsc2)c([N+](=O)[O-])c1. The van der Waals surface area contributed by atoms with E-state index < -0.39 is 4.92 Å². The van der Waals surface area contributed by atoms with Crippen LogP contribution in [0.25, 0.3) is 0 Å². The lowest BCUT2D eigenvalue weighted by molar-refractivity contribution is -0.384. The zero-order valence-electron chi connectivity index (χ0n) is 9.33. The fourth-order valence-corrected chi connectivity index (χ4v) is 2.18. The molecule has 1 N–H and O–H groups in total. The van der Waals surface area contributed by atoms with Gasteiger partial charge in [0.2, 0.25) is 0 Å². The molecule has 0 amide bonds. The molecule has 6 heteroatoms. The van der Waals surface area contributed by atoms with E-state index in [1.165, 1.54) is 6.07 Å². The maximum absolute atomic E-state index is 10.9. The highest BCUT2D eigenvalue weighted by Crippen LogP contribution is 2.25. The highest BCUT2D eigenvalue weighted by molar-refractivity contribution is 7.07. The van der Waals surface area contributed by atoms with Gasteiger partial charge in [0.25, 0.3) is 5.69 Å². The van der Waals surface area contributed by atoms with Crippen LogP contribution in [0, 0.1) is 10.1 Å². The third-order valence-electron chi connectivity index (χ3n) is 2.42. The van der Waals surface area contributed by atoms with Gasteiger partial charge in [-0.2, -0.15) is 11.3 Å². The van der Waals surface area contributed by atoms with Gasteiger partial charge in [-0.3, -0.25) is 14.9 Å². The third-order valence-corrected chi connectivity index (χ3v) is 3.15. The van der Waals surface area contributed by atoms with Gasteiger partial charge in [-0.25, -0.2) is 0 Å². The minimum atomic E-state index is -0.497. The maximum Gasteiger partial charge on any atom is 0.293 e. The molecule has 0 atom stereocenters. The van der Waals surface area contributed by atoms with Crippen molar-refractivity contribution in [3.05, 3.63) is 56.3 Å². The molecule has 0 fully saturated rings. The largest absolute Gasteiger partial charge is 0.375 e. The highest BCUT2D eigenvalue weighted by Gasteiger charge is 2.14. The lowest BCUT2D eigenvalue weighted by Crippen LogP contribution is -2.02. The minimum Gasteiger partial charge on any atom is -0.375 e. The Kier molecular flexibility index (Phi) is 3.69. The summed E-state index contributed by atoms with van der Waals surface area (Å²) in [4.78, 5) is 21.0. The van der Waals surface area contributed by atoms with Crippen molar-refractivity contribution in [3.63, 3.8) is 0 Å². The summed E-state index contributed by atoms with van der Waals surface area (Å²) in [7, 11) is 0. The number of benzene rings is 1. The Morgan fingerprint density at radius 1 is 1.39 bits per heavy atom. The van der Waals surface area contributed by atoms with Crippen LogP contribution < -0.4 is 5.32 Å². The van der Waals surface area contributed by atoms with E-state index in [9.17, 15) is 14.9 Å². The van der Waals surface area contributed by atoms with Crippen LogP contribution in [0.2, 0.25) is 0 Å². The number of thiophene rings is 1. The van der Waals surface area contributed by atoms with E-state index in [0.717, 1.165) is 5.56 Å². The highest BCUT2D eigenvalue weighted by atomic mass is 32.1. The predicted octanol–water partition coefficient (Wildman–Crippen LogP) is 3.08. The average Bonchev–Trinajstić information content (AvgIpc) is 2.89. The Morgan fingerprint density at radius 2 is 2.22 bits per heavy atom. The average molecular weight is 262 g/mol. The molecule has 2 rings (SSSR count). The smallest absolute Gasteiger partial charge is 0.293 e. The standard InChI is InChI=1S/C12H10N2O3S/c15-7-9-1-2-11(12(5-9)14(16)17)13-6-10-3-4-18-8-10/h1-5,7-8,13H,6H2. The number of nitrogens with one attached hydrogen (secondary N) is 1. The number of carbonyl (C=O) groups is 1. The molecule has 1 aromatic carbocycles. The maximum atomic E-state index is 10.9. The molecule has 0 aliphatic rings. The first-order chi connectivity index (χ1) is 8.70. The minimum absolute atomic E-state index is 0.0881. The number of rotatable bonds is 5. The fraction of sp³-hybridized carbons (Fsp3) is 0.0833. The second-order valence-corrected chi connectivity index (χ2v) is 4.42. The Labute approximate surface area is 107 Å². The Balaban J connectivity index is 2.21. The van der Waals surface area contributed by atoms with Gasteiger partial charge < -0.3 is 5.32 Å². The number of hydrogen-bond acceptors (Lipinski definition) is 5. The first-order valence-electron chi connectivity index (χ1n) is 5.19. The molecule has 2 aromatic rings. The number of nitro benzene ring substituents is 1. The molecule has 0 saturated carbocycles. The van der Waals surface area contributed by atoms with E-state index in [2.05, 4.69) is 5.32 Å². The van der Waals surface area contributed by atoms with Crippen LogP contribution in [0.1, 0.15) is 15.9 Å². The molecule has 0 saturated heterocycles. The van der Waals surface area contributed by atoms with Crippen molar-refractivity contribution >= 4 is 29.0 Å². The summed E-state index contributed by atoms with van der Waals surface area (Å²) in [5.74, 6) is 0. The molecule has 5 nitrogen and oxygen atoms in total. The molecule has 0 spiro atoms. The van der Waals surface area contributed by atoms with E-state index in [1.807, 2.05) is 16.8 Å². The van der Waals surface area contributed by atoms with Crippen molar-refractivity contribution in [2.75, 3.05) is 5.32 Å². The number of nitro groups is 1. The Morgan fingerprint density at radius 3 is 2.83 bits per heavy atom. The van der Waals surface area contributed by atoms with Crippen molar-refractivity contribution in [2.24, 2.45) is 0 Å². The van der Waals surface area contributed by atoms with Crippen LogP contribution in [0.15, 0.2) is 35.0 Å². The molecule has 0 bridgehead atoms. The van der Waals surface area contributed by atoms with Gasteiger partial charge in [0.1, 0.15) is 12.0 Å². The number of anilines is 1. The summed E-state index contributed by atoms with van der Waals surface area (Å²) in [6.07, 6.45) is 0.593. The quantitative estimate of drug-likeness (QED) is 0.510. The lowest BCUT2D eigenvalue weighted by atomic mass is 10.2. The summed E-state index contributed by atoms with van der Waals surface area (Å²) < 4.78 is 0. The normalized spacial score (nSPS) is 10.0. The van der Waals surface area contributed by atoms with Gasteiger partial charge in [0.15, 0.2) is 0 Å². The molecule has 92 valence electrons. The van der Waals surface area contributed by atoms with Crippen molar-refractivity contribution in [3.8, 4) is 0 Å². The van der Waals surface area contributed by atoms with E-state index in [1.54, 1.807) is 23.5 Å². The summed E-state index contributed by atoms with van der Waals surface area (Å²) in [5, 5.41) is 17.8. The Bertz CT molecular complexity index is 567.